The van der Waals surface area contributed by atoms with Crippen LogP contribution in [0.1, 0.15) is 10.4 Å². The highest BCUT2D eigenvalue weighted by Crippen LogP contribution is 2.30. The summed E-state index contributed by atoms with van der Waals surface area (Å²) in [6.07, 6.45) is 3.60. The predicted octanol–water partition coefficient (Wildman–Crippen LogP) is 5.69. The maximum atomic E-state index is 12.0. The number of carbonyl (C=O) groups excluding carboxylic acids is 1. The third-order valence-corrected chi connectivity index (χ3v) is 6.58. The largest absolute Gasteiger partial charge is 0.465 e. The number of aromatic nitrogens is 2. The van der Waals surface area contributed by atoms with Gasteiger partial charge in [-0.25, -0.2) is 9.78 Å². The zero-order valence-corrected chi connectivity index (χ0v) is 19.7. The van der Waals surface area contributed by atoms with Crippen LogP contribution in [0.15, 0.2) is 47.2 Å². The molecule has 0 spiro atoms. The Morgan fingerprint density at radius 2 is 2.00 bits per heavy atom. The summed E-state index contributed by atoms with van der Waals surface area (Å²) >= 11 is 3.40. The van der Waals surface area contributed by atoms with Crippen molar-refractivity contribution in [3.63, 3.8) is 0 Å². The normalized spacial score (nSPS) is 11.6. The number of ether oxygens (including phenoxy) is 3. The molecule has 3 aromatic rings. The zero-order chi connectivity index (χ0) is 21.0. The number of pyridine rings is 1. The van der Waals surface area contributed by atoms with E-state index in [9.17, 15) is 4.79 Å². The molecule has 0 fully saturated rings. The van der Waals surface area contributed by atoms with Crippen LogP contribution < -0.4 is 4.74 Å². The molecule has 3 rings (SSSR count). The van der Waals surface area contributed by atoms with E-state index in [1.807, 2.05) is 22.9 Å². The second-order valence-electron chi connectivity index (χ2n) is 7.95. The Kier molecular flexibility index (Phi) is 6.76. The molecule has 0 N–H and O–H groups in total. The Bertz CT molecular complexity index is 1010. The van der Waals surface area contributed by atoms with Crippen molar-refractivity contribution in [2.75, 3.05) is 13.7 Å². The minimum Gasteiger partial charge on any atom is -0.465 e. The van der Waals surface area contributed by atoms with Crippen molar-refractivity contribution in [2.24, 2.45) is 0 Å². The van der Waals surface area contributed by atoms with Crippen molar-refractivity contribution >= 4 is 41.0 Å². The number of nitrogens with zero attached hydrogens (tertiary/aromatic N) is 2. The number of hydrogen-bond donors (Lipinski definition) is 0. The number of hydrogen-bond acceptors (Lipinski definition) is 5. The molecule has 0 aliphatic rings. The minimum atomic E-state index is -1.10. The van der Waals surface area contributed by atoms with E-state index in [2.05, 4.69) is 40.6 Å². The van der Waals surface area contributed by atoms with Gasteiger partial charge in [0.2, 0.25) is 0 Å². The Morgan fingerprint density at radius 3 is 2.72 bits per heavy atom. The number of carbonyl (C=O) groups is 1. The molecule has 0 amide bonds. The van der Waals surface area contributed by atoms with Crippen molar-refractivity contribution in [3.8, 4) is 11.5 Å². The summed E-state index contributed by atoms with van der Waals surface area (Å²) in [6.45, 7) is 8.24. The summed E-state index contributed by atoms with van der Waals surface area (Å²) < 4.78 is 19.4. The number of benzene rings is 1. The minimum absolute atomic E-state index is 0.351. The van der Waals surface area contributed by atoms with Gasteiger partial charge in [-0.15, -0.1) is 0 Å². The first-order valence-corrected chi connectivity index (χ1v) is 13.9. The molecule has 0 saturated heterocycles. The summed E-state index contributed by atoms with van der Waals surface area (Å²) in [5.74, 6) is 0.489. The van der Waals surface area contributed by atoms with Gasteiger partial charge < -0.3 is 18.8 Å². The van der Waals surface area contributed by atoms with Crippen molar-refractivity contribution in [3.05, 3.63) is 52.8 Å². The van der Waals surface area contributed by atoms with E-state index in [4.69, 9.17) is 14.2 Å². The van der Waals surface area contributed by atoms with Crippen LogP contribution >= 0.6 is 15.9 Å². The molecule has 0 aliphatic carbocycles. The van der Waals surface area contributed by atoms with Crippen molar-refractivity contribution in [2.45, 2.75) is 32.4 Å². The maximum Gasteiger partial charge on any atom is 0.341 e. The lowest BCUT2D eigenvalue weighted by Gasteiger charge is -2.15. The summed E-state index contributed by atoms with van der Waals surface area (Å²) in [6, 6.07) is 10.1. The van der Waals surface area contributed by atoms with E-state index in [1.165, 1.54) is 7.11 Å². The number of halogens is 1. The fourth-order valence-corrected chi connectivity index (χ4v) is 3.84. The lowest BCUT2D eigenvalue weighted by molar-refractivity contribution is 0.0598. The topological polar surface area (TPSA) is 62.6 Å². The molecule has 6 nitrogen and oxygen atoms in total. The van der Waals surface area contributed by atoms with E-state index in [-0.39, 0.29) is 0 Å². The molecule has 2 heterocycles. The molecular weight excluding hydrogens is 452 g/mol. The van der Waals surface area contributed by atoms with Gasteiger partial charge in [0.05, 0.1) is 13.3 Å². The lowest BCUT2D eigenvalue weighted by atomic mass is 10.2. The van der Waals surface area contributed by atoms with Gasteiger partial charge >= 0.3 is 5.97 Å². The van der Waals surface area contributed by atoms with Gasteiger partial charge in [-0.3, -0.25) is 0 Å². The molecule has 0 atom stereocenters. The van der Waals surface area contributed by atoms with Gasteiger partial charge in [-0.2, -0.15) is 0 Å². The Hall–Kier alpha value is -2.16. The van der Waals surface area contributed by atoms with Crippen molar-refractivity contribution in [1.29, 1.82) is 0 Å². The van der Waals surface area contributed by atoms with Crippen molar-refractivity contribution < 1.29 is 19.0 Å². The number of esters is 1. The summed E-state index contributed by atoms with van der Waals surface area (Å²) in [5, 5.41) is 0.936. The van der Waals surface area contributed by atoms with Gasteiger partial charge in [0.15, 0.2) is 0 Å². The van der Waals surface area contributed by atoms with Crippen LogP contribution in [0.4, 0.5) is 0 Å². The van der Waals surface area contributed by atoms with E-state index in [0.717, 1.165) is 28.2 Å². The fourth-order valence-electron chi connectivity index (χ4n) is 2.75. The molecule has 8 heteroatoms. The monoisotopic (exact) mass is 476 g/mol. The quantitative estimate of drug-likeness (QED) is 0.237. The molecule has 0 unspecified atom stereocenters. The predicted molar refractivity (Wildman–Crippen MR) is 119 cm³/mol. The first-order chi connectivity index (χ1) is 13.8. The Balaban J connectivity index is 1.75. The molecule has 0 aliphatic heterocycles. The summed E-state index contributed by atoms with van der Waals surface area (Å²) in [5.41, 5.74) is 1.18. The second kappa shape index (κ2) is 9.11. The average Bonchev–Trinajstić information content (AvgIpc) is 3.06. The number of fused-ring (bicyclic) bond motifs is 1. The van der Waals surface area contributed by atoms with Crippen LogP contribution in [0.25, 0.3) is 11.0 Å². The van der Waals surface area contributed by atoms with Crippen LogP contribution in [-0.2, 0) is 16.2 Å². The highest BCUT2D eigenvalue weighted by molar-refractivity contribution is 9.10. The van der Waals surface area contributed by atoms with Crippen LogP contribution in [0.2, 0.25) is 25.7 Å². The first-order valence-electron chi connectivity index (χ1n) is 9.35. The van der Waals surface area contributed by atoms with Gasteiger partial charge in [0, 0.05) is 30.7 Å². The second-order valence-corrected chi connectivity index (χ2v) is 14.5. The van der Waals surface area contributed by atoms with E-state index < -0.39 is 14.0 Å². The molecule has 0 saturated carbocycles. The highest BCUT2D eigenvalue weighted by atomic mass is 79.9. The lowest BCUT2D eigenvalue weighted by Crippen LogP contribution is -2.22. The fraction of sp³-hybridized carbons (Fsp3) is 0.333. The van der Waals surface area contributed by atoms with Gasteiger partial charge in [-0.05, 0) is 36.4 Å². The zero-order valence-electron chi connectivity index (χ0n) is 17.1. The summed E-state index contributed by atoms with van der Waals surface area (Å²) in [7, 11) is 0.243. The summed E-state index contributed by atoms with van der Waals surface area (Å²) in [4.78, 5) is 16.5. The molecule has 29 heavy (non-hydrogen) atoms. The molecule has 2 aromatic heterocycles. The number of methoxy groups -OCH3 is 1. The van der Waals surface area contributed by atoms with Gasteiger partial charge in [-0.1, -0.05) is 35.6 Å². The molecule has 0 radical (unpaired) electrons. The van der Waals surface area contributed by atoms with Crippen LogP contribution in [0, 0.1) is 0 Å². The smallest absolute Gasteiger partial charge is 0.341 e. The maximum absolute atomic E-state index is 12.0. The van der Waals surface area contributed by atoms with Crippen LogP contribution in [0.3, 0.4) is 0 Å². The molecule has 0 bridgehead atoms. The van der Waals surface area contributed by atoms with Gasteiger partial charge in [0.1, 0.15) is 29.4 Å². The van der Waals surface area contributed by atoms with E-state index >= 15 is 0 Å². The SMILES string of the molecule is COC(=O)c1ccc(Br)cc1Oc1cnc2c(ccn2COCC[Si](C)(C)C)c1. The van der Waals surface area contributed by atoms with Crippen LogP contribution in [-0.4, -0.2) is 37.3 Å². The highest BCUT2D eigenvalue weighted by Gasteiger charge is 2.15. The first kappa shape index (κ1) is 21.5. The van der Waals surface area contributed by atoms with Gasteiger partial charge in [0.25, 0.3) is 0 Å². The molecule has 1 aromatic carbocycles. The number of rotatable bonds is 8. The Morgan fingerprint density at radius 1 is 1.21 bits per heavy atom. The third-order valence-electron chi connectivity index (χ3n) is 4.38. The average molecular weight is 477 g/mol. The van der Waals surface area contributed by atoms with E-state index in [1.54, 1.807) is 24.4 Å². The molecular formula is C21H25BrN2O4Si. The standard InChI is InChI=1S/C21H25BrN2O4Si/c1-26-21(25)18-6-5-16(22)12-19(18)28-17-11-15-7-8-24(20(15)23-13-17)14-27-9-10-29(2,3)4/h5-8,11-13H,9-10,14H2,1-4H3. The third kappa shape index (κ3) is 5.68. The van der Waals surface area contributed by atoms with Crippen LogP contribution in [0.5, 0.6) is 11.5 Å². The Labute approximate surface area is 179 Å². The van der Waals surface area contributed by atoms with Crippen molar-refractivity contribution in [1.82, 2.24) is 9.55 Å². The molecule has 154 valence electrons. The van der Waals surface area contributed by atoms with E-state index in [0.29, 0.717) is 23.8 Å².